The summed E-state index contributed by atoms with van der Waals surface area (Å²) in [5.74, 6) is 2.09. The number of aliphatic hydroxyl groups is 1. The number of allylic oxidation sites excluding steroid dienone is 6. The Morgan fingerprint density at radius 1 is 1.00 bits per heavy atom. The van der Waals surface area contributed by atoms with E-state index in [2.05, 4.69) is 66.7 Å². The number of amidine groups is 1. The van der Waals surface area contributed by atoms with E-state index in [1.807, 2.05) is 45.9 Å². The number of Topliss-reactive ketones (excluding diaryl/α,β-unsaturated/α-hetero) is 1. The second kappa shape index (κ2) is 22.3. The van der Waals surface area contributed by atoms with Crippen LogP contribution in [0.15, 0.2) is 71.3 Å². The molecule has 2 atom stereocenters. The minimum atomic E-state index is -0.476. The molecule has 1 aliphatic rings. The van der Waals surface area contributed by atoms with E-state index in [1.165, 1.54) is 53.0 Å². The number of aryl methyl sites for hydroxylation is 1. The first-order valence-corrected chi connectivity index (χ1v) is 19.0. The van der Waals surface area contributed by atoms with Crippen molar-refractivity contribution in [1.29, 1.82) is 10.8 Å². The van der Waals surface area contributed by atoms with Gasteiger partial charge in [0.1, 0.15) is 11.7 Å². The van der Waals surface area contributed by atoms with Crippen molar-refractivity contribution in [2.75, 3.05) is 7.05 Å². The molecule has 3 N–H and O–H groups in total. The van der Waals surface area contributed by atoms with Crippen molar-refractivity contribution in [3.8, 4) is 11.1 Å². The molecule has 0 aliphatic heterocycles. The highest BCUT2D eigenvalue weighted by molar-refractivity contribution is 6.07. The molecular formula is C45H68FN3O2. The van der Waals surface area contributed by atoms with Gasteiger partial charge in [0.15, 0.2) is 5.78 Å². The number of rotatable bonds is 15. The van der Waals surface area contributed by atoms with Gasteiger partial charge in [0.05, 0.1) is 11.9 Å². The summed E-state index contributed by atoms with van der Waals surface area (Å²) in [5, 5.41) is 25.3. The van der Waals surface area contributed by atoms with Crippen LogP contribution >= 0.6 is 0 Å². The third-order valence-electron chi connectivity index (χ3n) is 9.37. The maximum Gasteiger partial charge on any atom is 0.162 e. The van der Waals surface area contributed by atoms with E-state index in [9.17, 15) is 14.3 Å². The van der Waals surface area contributed by atoms with Gasteiger partial charge in [0.25, 0.3) is 0 Å². The van der Waals surface area contributed by atoms with Crippen molar-refractivity contribution in [1.82, 2.24) is 4.90 Å². The van der Waals surface area contributed by atoms with Gasteiger partial charge in [-0.15, -0.1) is 0 Å². The van der Waals surface area contributed by atoms with Gasteiger partial charge < -0.3 is 10.0 Å². The van der Waals surface area contributed by atoms with Gasteiger partial charge in [-0.2, -0.15) is 0 Å². The summed E-state index contributed by atoms with van der Waals surface area (Å²) in [4.78, 5) is 13.6. The van der Waals surface area contributed by atoms with E-state index in [0.29, 0.717) is 23.1 Å². The second-order valence-corrected chi connectivity index (χ2v) is 14.8. The quantitative estimate of drug-likeness (QED) is 0.0747. The molecule has 0 amide bonds. The van der Waals surface area contributed by atoms with Crippen LogP contribution in [0.3, 0.4) is 0 Å². The largest absolute Gasteiger partial charge is 0.390 e. The van der Waals surface area contributed by atoms with Gasteiger partial charge in [0.2, 0.25) is 0 Å². The molecule has 282 valence electrons. The molecule has 0 saturated heterocycles. The number of nitrogens with one attached hydrogen (secondary N) is 2. The molecule has 1 saturated carbocycles. The van der Waals surface area contributed by atoms with Gasteiger partial charge in [-0.25, -0.2) is 4.39 Å². The van der Waals surface area contributed by atoms with Crippen molar-refractivity contribution < 1.29 is 14.3 Å². The average molecular weight is 702 g/mol. The number of benzene rings is 2. The molecule has 5 nitrogen and oxygen atoms in total. The highest BCUT2D eigenvalue weighted by atomic mass is 19.1. The number of carbonyl (C=O) groups excluding carboxylic acids is 1. The number of ketones is 1. The molecule has 0 bridgehead atoms. The van der Waals surface area contributed by atoms with Crippen molar-refractivity contribution in [3.63, 3.8) is 0 Å². The first-order chi connectivity index (χ1) is 24.0. The predicted octanol–water partition coefficient (Wildman–Crippen LogP) is 12.4. The van der Waals surface area contributed by atoms with Gasteiger partial charge in [-0.3, -0.25) is 15.6 Å². The molecule has 51 heavy (non-hydrogen) atoms. The zero-order chi connectivity index (χ0) is 38.9. The zero-order valence-electron chi connectivity index (χ0n) is 33.8. The topological polar surface area (TPSA) is 88.2 Å². The lowest BCUT2D eigenvalue weighted by molar-refractivity contribution is 0.0369. The maximum absolute atomic E-state index is 13.7. The van der Waals surface area contributed by atoms with E-state index >= 15 is 0 Å². The molecule has 0 radical (unpaired) electrons. The highest BCUT2D eigenvalue weighted by Crippen LogP contribution is 2.45. The number of hydrogen-bond acceptors (Lipinski definition) is 4. The van der Waals surface area contributed by atoms with E-state index in [1.54, 1.807) is 13.1 Å². The van der Waals surface area contributed by atoms with Crippen molar-refractivity contribution in [2.24, 2.45) is 17.8 Å². The molecule has 1 fully saturated rings. The van der Waals surface area contributed by atoms with Crippen molar-refractivity contribution >= 4 is 18.0 Å². The second-order valence-electron chi connectivity index (χ2n) is 14.8. The Balaban J connectivity index is 0.000000423. The van der Waals surface area contributed by atoms with Gasteiger partial charge in [0, 0.05) is 24.6 Å². The monoisotopic (exact) mass is 702 g/mol. The Morgan fingerprint density at radius 3 is 2.12 bits per heavy atom. The number of halogens is 1. The Hall–Kier alpha value is -3.64. The third-order valence-corrected chi connectivity index (χ3v) is 9.37. The fourth-order valence-corrected chi connectivity index (χ4v) is 6.25. The number of hydrogen-bond donors (Lipinski definition) is 3. The van der Waals surface area contributed by atoms with Crippen LogP contribution in [-0.2, 0) is 6.42 Å². The molecule has 0 aromatic heterocycles. The zero-order valence-corrected chi connectivity index (χ0v) is 33.8. The molecule has 0 heterocycles. The van der Waals surface area contributed by atoms with Crippen LogP contribution in [0.1, 0.15) is 143 Å². The summed E-state index contributed by atoms with van der Waals surface area (Å²) in [6.07, 6.45) is 16.2. The van der Waals surface area contributed by atoms with Crippen molar-refractivity contribution in [2.45, 2.75) is 133 Å². The van der Waals surface area contributed by atoms with Crippen LogP contribution in [-0.4, -0.2) is 40.6 Å². The number of carbonyl (C=O) groups is 1. The third kappa shape index (κ3) is 16.1. The van der Waals surface area contributed by atoms with E-state index in [-0.39, 0.29) is 11.6 Å². The molecule has 0 spiro atoms. The Labute approximate surface area is 310 Å². The minimum absolute atomic E-state index is 0.0208. The predicted molar refractivity (Wildman–Crippen MR) is 218 cm³/mol. The summed E-state index contributed by atoms with van der Waals surface area (Å²) in [6, 6.07) is 9.85. The Kier molecular flexibility index (Phi) is 19.9. The van der Waals surface area contributed by atoms with Crippen LogP contribution in [0, 0.1) is 34.4 Å². The molecule has 2 aromatic rings. The molecule has 1 aliphatic carbocycles. The first kappa shape index (κ1) is 45.4. The van der Waals surface area contributed by atoms with E-state index in [4.69, 9.17) is 10.8 Å². The van der Waals surface area contributed by atoms with Gasteiger partial charge in [-0.05, 0) is 131 Å². The summed E-state index contributed by atoms with van der Waals surface area (Å²) in [6.45, 7) is 23.1. The summed E-state index contributed by atoms with van der Waals surface area (Å²) in [5.41, 5.74) is 7.13. The SMILES string of the molecule is CC/C=C(C)\C=C(/C=C(C)C)CC.CCC(=O)c1cc(-c2ccc(F)cc2C(=N)N(C)C=N)ccc1CC.CCC(C)C(CC(C)(C)O)C1CC1. The minimum Gasteiger partial charge on any atom is -0.390 e. The van der Waals surface area contributed by atoms with Crippen LogP contribution in [0.25, 0.3) is 11.1 Å². The molecular weight excluding hydrogens is 634 g/mol. The molecule has 2 unspecified atom stereocenters. The van der Waals surface area contributed by atoms with E-state index in [0.717, 1.165) is 60.9 Å². The standard InChI is InChI=1S/C20H22FN3O.C13H22.C12H24O/c1-4-13-6-7-14(10-17(13)19(25)5-2)16-9-8-15(21)11-18(16)20(23)24(3)12-22;1-6-8-12(5)10-13(7-2)9-11(3)4;1-5-9(2)11(10-6-7-10)8-12(3,4)13/h6-12,22-23H,4-5H2,1-3H3;8-10H,6-7H2,1-5H3;9-11,13H,5-8H2,1-4H3/b;12-8-,13-10-;. The van der Waals surface area contributed by atoms with E-state index < -0.39 is 11.4 Å². The lowest BCUT2D eigenvalue weighted by Gasteiger charge is -2.29. The summed E-state index contributed by atoms with van der Waals surface area (Å²) in [7, 11) is 1.57. The molecule has 3 rings (SSSR count). The molecule has 6 heteroatoms. The summed E-state index contributed by atoms with van der Waals surface area (Å²) < 4.78 is 13.7. The van der Waals surface area contributed by atoms with Crippen molar-refractivity contribution in [3.05, 3.63) is 93.9 Å². The highest BCUT2D eigenvalue weighted by Gasteiger charge is 2.36. The fourth-order valence-electron chi connectivity index (χ4n) is 6.25. The van der Waals surface area contributed by atoms with Crippen LogP contribution in [0.2, 0.25) is 0 Å². The molecule has 2 aromatic carbocycles. The normalized spacial score (nSPS) is 14.2. The summed E-state index contributed by atoms with van der Waals surface area (Å²) >= 11 is 0. The maximum atomic E-state index is 13.7. The fraction of sp³-hybridized carbons (Fsp3) is 0.533. The lowest BCUT2D eigenvalue weighted by atomic mass is 9.80. The lowest BCUT2D eigenvalue weighted by Crippen LogP contribution is -2.27. The number of nitrogens with zero attached hydrogens (tertiary/aromatic N) is 1. The average Bonchev–Trinajstić information content (AvgIpc) is 3.94. The van der Waals surface area contributed by atoms with Crippen LogP contribution in [0.5, 0.6) is 0 Å². The first-order valence-electron chi connectivity index (χ1n) is 19.0. The van der Waals surface area contributed by atoms with Gasteiger partial charge in [-0.1, -0.05) is 95.5 Å². The smallest absolute Gasteiger partial charge is 0.162 e. The Morgan fingerprint density at radius 2 is 1.65 bits per heavy atom. The van der Waals surface area contributed by atoms with Crippen LogP contribution in [0.4, 0.5) is 4.39 Å². The van der Waals surface area contributed by atoms with Crippen LogP contribution < -0.4 is 0 Å². The Bertz CT molecular complexity index is 1520. The van der Waals surface area contributed by atoms with Gasteiger partial charge >= 0.3 is 0 Å².